The summed E-state index contributed by atoms with van der Waals surface area (Å²) in [5, 5.41) is 15.2. The molecule has 0 radical (unpaired) electrons. The van der Waals surface area contributed by atoms with Gasteiger partial charge in [0.15, 0.2) is 5.78 Å². The first kappa shape index (κ1) is 20.8. The Kier molecular flexibility index (Phi) is 5.64. The van der Waals surface area contributed by atoms with Crippen LogP contribution in [0.15, 0.2) is 66.5 Å². The van der Waals surface area contributed by atoms with Crippen molar-refractivity contribution in [1.82, 2.24) is 10.3 Å². The Morgan fingerprint density at radius 2 is 1.94 bits per heavy atom. The van der Waals surface area contributed by atoms with Crippen LogP contribution in [-0.4, -0.2) is 23.9 Å². The monoisotopic (exact) mass is 428 g/mol. The molecule has 0 bridgehead atoms. The Hall–Kier alpha value is -4.51. The van der Waals surface area contributed by atoms with Gasteiger partial charge in [0, 0.05) is 29.8 Å². The number of ether oxygens (including phenoxy) is 1. The number of rotatable bonds is 4. The van der Waals surface area contributed by atoms with Gasteiger partial charge in [-0.1, -0.05) is 6.08 Å². The number of allylic oxidation sites excluding steroid dienone is 4. The summed E-state index contributed by atoms with van der Waals surface area (Å²) in [7, 11) is 1.49. The van der Waals surface area contributed by atoms with Crippen LogP contribution in [0.5, 0.6) is 5.75 Å². The van der Waals surface area contributed by atoms with Crippen molar-refractivity contribution in [3.8, 4) is 11.8 Å². The molecule has 0 aliphatic heterocycles. The SMILES string of the molecule is COc1cc2nccc(C3=CC=C(NC(=O)Nc4ccc(F)cc4)C(=O)C3)c2cc1C#N. The van der Waals surface area contributed by atoms with Crippen molar-refractivity contribution < 1.29 is 18.7 Å². The molecular formula is C24H17FN4O3. The van der Waals surface area contributed by atoms with Crippen LogP contribution in [0, 0.1) is 17.1 Å². The maximum atomic E-state index is 13.0. The molecule has 2 amide bonds. The lowest BCUT2D eigenvalue weighted by Gasteiger charge is -2.17. The molecule has 1 aromatic heterocycles. The molecule has 1 aliphatic carbocycles. The van der Waals surface area contributed by atoms with Crippen molar-refractivity contribution in [3.05, 3.63) is 83.5 Å². The third-order valence-corrected chi connectivity index (χ3v) is 4.98. The number of hydrogen-bond donors (Lipinski definition) is 2. The summed E-state index contributed by atoms with van der Waals surface area (Å²) in [6.45, 7) is 0. The quantitative estimate of drug-likeness (QED) is 0.644. The number of methoxy groups -OCH3 is 1. The summed E-state index contributed by atoms with van der Waals surface area (Å²) in [5.74, 6) is -0.254. The lowest BCUT2D eigenvalue weighted by Crippen LogP contribution is -2.32. The van der Waals surface area contributed by atoms with Crippen LogP contribution in [0.4, 0.5) is 14.9 Å². The third kappa shape index (κ3) is 4.18. The van der Waals surface area contributed by atoms with Crippen molar-refractivity contribution in [2.24, 2.45) is 0 Å². The van der Waals surface area contributed by atoms with Crippen LogP contribution < -0.4 is 15.4 Å². The van der Waals surface area contributed by atoms with Gasteiger partial charge in [-0.3, -0.25) is 9.78 Å². The lowest BCUT2D eigenvalue weighted by atomic mass is 9.92. The number of halogens is 1. The number of nitrogens with zero attached hydrogens (tertiary/aromatic N) is 2. The summed E-state index contributed by atoms with van der Waals surface area (Å²) < 4.78 is 18.2. The van der Waals surface area contributed by atoms with Crippen LogP contribution in [0.3, 0.4) is 0 Å². The van der Waals surface area contributed by atoms with E-state index >= 15 is 0 Å². The first-order valence-electron chi connectivity index (χ1n) is 9.63. The van der Waals surface area contributed by atoms with Crippen LogP contribution in [0.1, 0.15) is 17.5 Å². The second kappa shape index (κ2) is 8.70. The number of hydrogen-bond acceptors (Lipinski definition) is 5. The van der Waals surface area contributed by atoms with E-state index in [1.807, 2.05) is 0 Å². The van der Waals surface area contributed by atoms with Gasteiger partial charge in [0.1, 0.15) is 17.6 Å². The molecular weight excluding hydrogens is 411 g/mol. The highest BCUT2D eigenvalue weighted by atomic mass is 19.1. The van der Waals surface area contributed by atoms with Crippen molar-refractivity contribution in [1.29, 1.82) is 5.26 Å². The average molecular weight is 428 g/mol. The van der Waals surface area contributed by atoms with Gasteiger partial charge in [0.2, 0.25) is 0 Å². The zero-order valence-electron chi connectivity index (χ0n) is 17.0. The van der Waals surface area contributed by atoms with E-state index in [4.69, 9.17) is 4.74 Å². The van der Waals surface area contributed by atoms with E-state index in [0.29, 0.717) is 22.5 Å². The van der Waals surface area contributed by atoms with Gasteiger partial charge in [-0.15, -0.1) is 0 Å². The molecule has 1 aliphatic rings. The fourth-order valence-corrected chi connectivity index (χ4v) is 3.43. The van der Waals surface area contributed by atoms with Crippen molar-refractivity contribution in [3.63, 3.8) is 0 Å². The topological polar surface area (TPSA) is 104 Å². The molecule has 7 nitrogen and oxygen atoms in total. The second-order valence-corrected chi connectivity index (χ2v) is 7.00. The number of amides is 2. The van der Waals surface area contributed by atoms with E-state index in [1.54, 1.807) is 30.5 Å². The second-order valence-electron chi connectivity index (χ2n) is 7.00. The van der Waals surface area contributed by atoms with E-state index in [1.165, 1.54) is 37.5 Å². The van der Waals surface area contributed by atoms with Gasteiger partial charge in [0.05, 0.1) is 23.9 Å². The molecule has 0 unspecified atom stereocenters. The van der Waals surface area contributed by atoms with Crippen molar-refractivity contribution >= 4 is 34.0 Å². The summed E-state index contributed by atoms with van der Waals surface area (Å²) >= 11 is 0. The van der Waals surface area contributed by atoms with E-state index < -0.39 is 11.8 Å². The first-order chi connectivity index (χ1) is 15.5. The van der Waals surface area contributed by atoms with Gasteiger partial charge < -0.3 is 15.4 Å². The predicted octanol–water partition coefficient (Wildman–Crippen LogP) is 4.32. The minimum Gasteiger partial charge on any atom is -0.495 e. The number of nitriles is 1. The number of ketones is 1. The molecule has 0 fully saturated rings. The predicted molar refractivity (Wildman–Crippen MR) is 117 cm³/mol. The molecule has 4 rings (SSSR count). The standard InChI is InChI=1S/C24H17FN4O3/c1-32-23-12-21-19(10-15(23)13-26)18(8-9-27-21)14-2-7-20(22(30)11-14)29-24(31)28-17-5-3-16(25)4-6-17/h2-10,12H,11H2,1H3,(H2,28,29,31). The number of benzene rings is 2. The van der Waals surface area contributed by atoms with E-state index in [2.05, 4.69) is 21.7 Å². The Morgan fingerprint density at radius 3 is 2.62 bits per heavy atom. The smallest absolute Gasteiger partial charge is 0.323 e. The molecule has 3 aromatic rings. The highest BCUT2D eigenvalue weighted by molar-refractivity contribution is 6.09. The van der Waals surface area contributed by atoms with Crippen LogP contribution in [-0.2, 0) is 4.79 Å². The fraction of sp³-hybridized carbons (Fsp3) is 0.0833. The number of carbonyl (C=O) groups excluding carboxylic acids is 2. The summed E-state index contributed by atoms with van der Waals surface area (Å²) in [6.07, 6.45) is 4.98. The Balaban J connectivity index is 1.59. The normalized spacial score (nSPS) is 13.1. The minimum absolute atomic E-state index is 0.0652. The zero-order valence-corrected chi connectivity index (χ0v) is 17.0. The van der Waals surface area contributed by atoms with E-state index in [-0.39, 0.29) is 17.9 Å². The molecule has 2 aromatic carbocycles. The maximum Gasteiger partial charge on any atom is 0.323 e. The van der Waals surface area contributed by atoms with Gasteiger partial charge in [-0.25, -0.2) is 9.18 Å². The zero-order chi connectivity index (χ0) is 22.7. The molecule has 8 heteroatoms. The fourth-order valence-electron chi connectivity index (χ4n) is 3.43. The maximum absolute atomic E-state index is 13.0. The highest BCUT2D eigenvalue weighted by Gasteiger charge is 2.21. The van der Waals surface area contributed by atoms with Gasteiger partial charge in [0.25, 0.3) is 0 Å². The molecule has 158 valence electrons. The number of anilines is 1. The molecule has 0 saturated carbocycles. The molecule has 0 atom stereocenters. The molecule has 0 saturated heterocycles. The first-order valence-corrected chi connectivity index (χ1v) is 9.63. The van der Waals surface area contributed by atoms with E-state index in [0.717, 1.165) is 16.5 Å². The molecule has 2 N–H and O–H groups in total. The minimum atomic E-state index is -0.604. The van der Waals surface area contributed by atoms with Gasteiger partial charge in [-0.2, -0.15) is 5.26 Å². The number of nitrogens with one attached hydrogen (secondary N) is 2. The summed E-state index contributed by atoms with van der Waals surface area (Å²) in [6, 6.07) is 11.9. The van der Waals surface area contributed by atoms with Crippen LogP contribution in [0.25, 0.3) is 16.5 Å². The molecule has 32 heavy (non-hydrogen) atoms. The van der Waals surface area contributed by atoms with Crippen molar-refractivity contribution in [2.75, 3.05) is 12.4 Å². The van der Waals surface area contributed by atoms with Crippen LogP contribution in [0.2, 0.25) is 0 Å². The Morgan fingerprint density at radius 1 is 1.16 bits per heavy atom. The Labute approximate surface area is 182 Å². The largest absolute Gasteiger partial charge is 0.495 e. The third-order valence-electron chi connectivity index (χ3n) is 4.98. The number of carbonyl (C=O) groups is 2. The van der Waals surface area contributed by atoms with Gasteiger partial charge >= 0.3 is 6.03 Å². The summed E-state index contributed by atoms with van der Waals surface area (Å²) in [5.41, 5.74) is 3.06. The van der Waals surface area contributed by atoms with E-state index in [9.17, 15) is 19.2 Å². The summed E-state index contributed by atoms with van der Waals surface area (Å²) in [4.78, 5) is 29.2. The number of Topliss-reactive ketones (excluding diaryl/α,β-unsaturated/α-hetero) is 1. The Bertz CT molecular complexity index is 1340. The average Bonchev–Trinajstić information content (AvgIpc) is 2.80. The highest BCUT2D eigenvalue weighted by Crippen LogP contribution is 2.32. The number of pyridine rings is 1. The van der Waals surface area contributed by atoms with Gasteiger partial charge in [-0.05, 0) is 53.6 Å². The lowest BCUT2D eigenvalue weighted by molar-refractivity contribution is -0.115. The van der Waals surface area contributed by atoms with Crippen molar-refractivity contribution in [2.45, 2.75) is 6.42 Å². The van der Waals surface area contributed by atoms with Crippen LogP contribution >= 0.6 is 0 Å². The number of urea groups is 1. The molecule has 1 heterocycles. The number of fused-ring (bicyclic) bond motifs is 1. The molecule has 0 spiro atoms. The number of aromatic nitrogens is 1.